The van der Waals surface area contributed by atoms with E-state index in [1.165, 1.54) is 12.5 Å². The second kappa shape index (κ2) is 16.2. The summed E-state index contributed by atoms with van der Waals surface area (Å²) in [6.45, 7) is 5.45. The van der Waals surface area contributed by atoms with Crippen LogP contribution in [0.25, 0.3) is 22.2 Å². The normalized spacial score (nSPS) is 14.6. The highest BCUT2D eigenvalue weighted by molar-refractivity contribution is 5.98. The molecular weight excluding hydrogens is 670 g/mol. The predicted molar refractivity (Wildman–Crippen MR) is 208 cm³/mol. The Morgan fingerprint density at radius 2 is 1.72 bits per heavy atom. The highest BCUT2D eigenvalue weighted by Crippen LogP contribution is 2.50. The van der Waals surface area contributed by atoms with E-state index in [1.54, 1.807) is 33.5 Å². The van der Waals surface area contributed by atoms with Crippen LogP contribution in [0.4, 0.5) is 11.4 Å². The minimum Gasteiger partial charge on any atom is -0.493 e. The molecule has 0 bridgehead atoms. The number of rotatable bonds is 13. The number of carbonyl (C=O) groups excluding carboxylic acids is 2. The molecule has 1 aliphatic rings. The molecule has 4 aromatic carbocycles. The van der Waals surface area contributed by atoms with Crippen molar-refractivity contribution in [3.63, 3.8) is 0 Å². The smallest absolute Gasteiger partial charge is 0.247 e. The van der Waals surface area contributed by atoms with Gasteiger partial charge in [-0.15, -0.1) is 0 Å². The summed E-state index contributed by atoms with van der Waals surface area (Å²) in [5, 5.41) is 9.40. The molecule has 0 aliphatic heterocycles. The van der Waals surface area contributed by atoms with Crippen LogP contribution >= 0.6 is 0 Å². The maximum atomic E-state index is 14.1. The summed E-state index contributed by atoms with van der Waals surface area (Å²) in [4.78, 5) is 48.5. The minimum atomic E-state index is -0.730. The number of benzene rings is 3. The SMILES string of the molecule is CC[C@H](C)[C@H](Nc1ccc2c(cc1=O)[C@@H](NC(C)=O)CCc1cc(OC)c(OC)c(OC)c1-2)C(=O)Nc1ccc2nc(CCc3ccccc3)[nH]c2c1. The Hall–Kier alpha value is -5.84. The molecule has 0 radical (unpaired) electrons. The Kier molecular flexibility index (Phi) is 11.3. The van der Waals surface area contributed by atoms with Gasteiger partial charge in [0.15, 0.2) is 11.5 Å². The van der Waals surface area contributed by atoms with Gasteiger partial charge in [0, 0.05) is 24.6 Å². The van der Waals surface area contributed by atoms with Gasteiger partial charge in [0.05, 0.1) is 44.1 Å². The number of H-pyrrole nitrogens is 1. The Balaban J connectivity index is 1.32. The zero-order valence-electron chi connectivity index (χ0n) is 31.1. The average molecular weight is 718 g/mol. The lowest BCUT2D eigenvalue weighted by Crippen LogP contribution is -2.40. The number of imidazole rings is 1. The van der Waals surface area contributed by atoms with Crippen LogP contribution in [0.1, 0.15) is 62.2 Å². The lowest BCUT2D eigenvalue weighted by atomic mass is 9.95. The molecule has 4 N–H and O–H groups in total. The summed E-state index contributed by atoms with van der Waals surface area (Å²) in [7, 11) is 4.68. The molecule has 0 fully saturated rings. The average Bonchev–Trinajstić information content (AvgIpc) is 3.43. The van der Waals surface area contributed by atoms with E-state index in [0.29, 0.717) is 53.3 Å². The van der Waals surface area contributed by atoms with E-state index in [0.717, 1.165) is 40.8 Å². The number of fused-ring (bicyclic) bond motifs is 4. The summed E-state index contributed by atoms with van der Waals surface area (Å²) < 4.78 is 17.3. The number of anilines is 2. The molecule has 276 valence electrons. The second-order valence-corrected chi connectivity index (χ2v) is 13.5. The minimum absolute atomic E-state index is 0.122. The van der Waals surface area contributed by atoms with Crippen LogP contribution in [0.2, 0.25) is 0 Å². The first-order valence-electron chi connectivity index (χ1n) is 18.0. The van der Waals surface area contributed by atoms with Crippen molar-refractivity contribution in [3.8, 4) is 28.4 Å². The summed E-state index contributed by atoms with van der Waals surface area (Å²) >= 11 is 0. The Morgan fingerprint density at radius 3 is 2.42 bits per heavy atom. The molecular formula is C42H47N5O6. The first-order chi connectivity index (χ1) is 25.6. The Labute approximate surface area is 309 Å². The predicted octanol–water partition coefficient (Wildman–Crippen LogP) is 6.99. The number of nitrogens with zero attached hydrogens (tertiary/aromatic N) is 1. The van der Waals surface area contributed by atoms with Crippen LogP contribution in [0.3, 0.4) is 0 Å². The summed E-state index contributed by atoms with van der Waals surface area (Å²) in [5.41, 5.74) is 6.49. The van der Waals surface area contributed by atoms with Crippen molar-refractivity contribution in [1.29, 1.82) is 0 Å². The third kappa shape index (κ3) is 7.99. The first kappa shape index (κ1) is 36.9. The van der Waals surface area contributed by atoms with E-state index < -0.39 is 12.1 Å². The molecule has 6 rings (SSSR count). The number of hydrogen-bond acceptors (Lipinski definition) is 8. The van der Waals surface area contributed by atoms with Crippen molar-refractivity contribution >= 4 is 34.2 Å². The zero-order chi connectivity index (χ0) is 37.6. The van der Waals surface area contributed by atoms with Gasteiger partial charge in [-0.3, -0.25) is 14.4 Å². The fraction of sp³-hybridized carbons (Fsp3) is 0.333. The van der Waals surface area contributed by atoms with Gasteiger partial charge in [-0.05, 0) is 83.8 Å². The number of methoxy groups -OCH3 is 3. The Bertz CT molecular complexity index is 2180. The van der Waals surface area contributed by atoms with Crippen LogP contribution in [0, 0.1) is 5.92 Å². The molecule has 1 heterocycles. The van der Waals surface area contributed by atoms with Crippen molar-refractivity contribution in [2.24, 2.45) is 5.92 Å². The first-order valence-corrected chi connectivity index (χ1v) is 18.0. The van der Waals surface area contributed by atoms with Gasteiger partial charge in [-0.2, -0.15) is 0 Å². The topological polar surface area (TPSA) is 144 Å². The van der Waals surface area contributed by atoms with E-state index >= 15 is 0 Å². The van der Waals surface area contributed by atoms with Gasteiger partial charge >= 0.3 is 0 Å². The maximum absolute atomic E-state index is 14.1. The molecule has 53 heavy (non-hydrogen) atoms. The highest BCUT2D eigenvalue weighted by atomic mass is 16.5. The van der Waals surface area contributed by atoms with Crippen LogP contribution in [-0.4, -0.2) is 49.2 Å². The molecule has 1 aliphatic carbocycles. The third-order valence-corrected chi connectivity index (χ3v) is 10.0. The number of amides is 2. The molecule has 2 amide bonds. The number of nitrogens with one attached hydrogen (secondary N) is 4. The van der Waals surface area contributed by atoms with Crippen molar-refractivity contribution in [1.82, 2.24) is 15.3 Å². The van der Waals surface area contributed by atoms with Crippen molar-refractivity contribution < 1.29 is 23.8 Å². The van der Waals surface area contributed by atoms with E-state index in [4.69, 9.17) is 19.2 Å². The monoisotopic (exact) mass is 717 g/mol. The van der Waals surface area contributed by atoms with E-state index in [2.05, 4.69) is 33.1 Å². The number of aryl methyl sites for hydroxylation is 3. The van der Waals surface area contributed by atoms with Crippen molar-refractivity contribution in [2.45, 2.75) is 65.0 Å². The van der Waals surface area contributed by atoms with E-state index in [9.17, 15) is 14.4 Å². The quantitative estimate of drug-likeness (QED) is 0.102. The van der Waals surface area contributed by atoms with Crippen molar-refractivity contribution in [3.05, 3.63) is 106 Å². The van der Waals surface area contributed by atoms with Crippen LogP contribution in [0.5, 0.6) is 17.2 Å². The van der Waals surface area contributed by atoms with Gasteiger partial charge in [0.2, 0.25) is 23.0 Å². The van der Waals surface area contributed by atoms with Gasteiger partial charge in [0.25, 0.3) is 0 Å². The summed E-state index contributed by atoms with van der Waals surface area (Å²) in [6, 6.07) is 21.7. The third-order valence-electron chi connectivity index (χ3n) is 10.0. The highest BCUT2D eigenvalue weighted by Gasteiger charge is 2.30. The number of hydrogen-bond donors (Lipinski definition) is 4. The number of ether oxygens (including phenoxy) is 3. The summed E-state index contributed by atoms with van der Waals surface area (Å²) in [6.07, 6.45) is 3.45. The molecule has 5 aromatic rings. The zero-order valence-corrected chi connectivity index (χ0v) is 31.1. The van der Waals surface area contributed by atoms with E-state index in [-0.39, 0.29) is 28.8 Å². The molecule has 0 saturated heterocycles. The van der Waals surface area contributed by atoms with Crippen LogP contribution in [-0.2, 0) is 28.9 Å². The largest absolute Gasteiger partial charge is 0.493 e. The molecule has 1 aromatic heterocycles. The van der Waals surface area contributed by atoms with Gasteiger partial charge < -0.3 is 35.1 Å². The molecule has 0 saturated carbocycles. The fourth-order valence-corrected chi connectivity index (χ4v) is 7.08. The van der Waals surface area contributed by atoms with E-state index in [1.807, 2.05) is 62.4 Å². The number of aromatic nitrogens is 2. The molecule has 0 unspecified atom stereocenters. The van der Waals surface area contributed by atoms with Crippen LogP contribution < -0.4 is 35.6 Å². The molecule has 11 heteroatoms. The van der Waals surface area contributed by atoms with Crippen molar-refractivity contribution in [2.75, 3.05) is 32.0 Å². The molecule has 0 spiro atoms. The number of carbonyl (C=O) groups is 2. The Morgan fingerprint density at radius 1 is 0.943 bits per heavy atom. The van der Waals surface area contributed by atoms with Gasteiger partial charge in [-0.25, -0.2) is 4.98 Å². The van der Waals surface area contributed by atoms with Gasteiger partial charge in [0.1, 0.15) is 11.9 Å². The standard InChI is InChI=1S/C42H47N5O6/c1-7-24(2)39(42(50)44-28-15-18-32-34(22-28)46-37(45-32)20-13-26-11-9-8-10-12-26)47-33-19-16-29-30(23-35(33)49)31(43-25(3)48)17-14-27-21-36(51-4)40(52-5)41(53-6)38(27)29/h8-12,15-16,18-19,21-24,31,39H,7,13-14,17,20H2,1-6H3,(H,43,48)(H,44,50)(H,45,46)(H,47,49)/t24-,31-,39-/m0/s1. The van der Waals surface area contributed by atoms with Crippen LogP contribution in [0.15, 0.2) is 77.6 Å². The number of aromatic amines is 1. The lowest BCUT2D eigenvalue weighted by molar-refractivity contribution is -0.120. The summed E-state index contributed by atoms with van der Waals surface area (Å²) in [5.74, 6) is 1.69. The fourth-order valence-electron chi connectivity index (χ4n) is 7.08. The second-order valence-electron chi connectivity index (χ2n) is 13.5. The molecule has 3 atom stereocenters. The lowest BCUT2D eigenvalue weighted by Gasteiger charge is -2.24. The molecule has 11 nitrogen and oxygen atoms in total. The maximum Gasteiger partial charge on any atom is 0.247 e. The van der Waals surface area contributed by atoms with Gasteiger partial charge in [-0.1, -0.05) is 56.7 Å².